The lowest BCUT2D eigenvalue weighted by Gasteiger charge is -2.32. The number of carboxylic acid groups (broad SMARTS) is 1. The van der Waals surface area contributed by atoms with Gasteiger partial charge in [-0.3, -0.25) is 0 Å². The van der Waals surface area contributed by atoms with Crippen molar-refractivity contribution < 1.29 is 14.7 Å². The van der Waals surface area contributed by atoms with Crippen molar-refractivity contribution in [2.24, 2.45) is 5.92 Å². The molecule has 0 aromatic heterocycles. The van der Waals surface area contributed by atoms with Gasteiger partial charge in [-0.2, -0.15) is 0 Å². The van der Waals surface area contributed by atoms with E-state index in [0.29, 0.717) is 0 Å². The molecule has 0 aromatic carbocycles. The number of urea groups is 1. The Labute approximate surface area is 108 Å². The maximum atomic E-state index is 12.0. The van der Waals surface area contributed by atoms with Gasteiger partial charge in [0.25, 0.3) is 0 Å². The lowest BCUT2D eigenvalue weighted by Crippen LogP contribution is -2.53. The number of hydrogen-bond acceptors (Lipinski definition) is 3. The van der Waals surface area contributed by atoms with Crippen molar-refractivity contribution in [2.75, 3.05) is 20.1 Å². The molecule has 0 aromatic rings. The van der Waals surface area contributed by atoms with Crippen molar-refractivity contribution in [1.29, 1.82) is 0 Å². The number of rotatable bonds is 4. The molecule has 0 saturated carbocycles. The van der Waals surface area contributed by atoms with Gasteiger partial charge in [-0.1, -0.05) is 13.8 Å². The third-order valence-electron chi connectivity index (χ3n) is 3.39. The Kier molecular flexibility index (Phi) is 5.40. The van der Waals surface area contributed by atoms with E-state index in [1.165, 1.54) is 0 Å². The molecule has 6 heteroatoms. The number of piperidine rings is 1. The smallest absolute Gasteiger partial charge is 0.326 e. The van der Waals surface area contributed by atoms with Gasteiger partial charge < -0.3 is 20.6 Å². The van der Waals surface area contributed by atoms with Crippen LogP contribution in [0.3, 0.4) is 0 Å². The zero-order chi connectivity index (χ0) is 13.7. The van der Waals surface area contributed by atoms with Gasteiger partial charge in [-0.05, 0) is 31.8 Å². The van der Waals surface area contributed by atoms with Crippen LogP contribution < -0.4 is 10.6 Å². The molecule has 6 nitrogen and oxygen atoms in total. The minimum absolute atomic E-state index is 0.132. The van der Waals surface area contributed by atoms with Crippen LogP contribution in [0.5, 0.6) is 0 Å². The Hall–Kier alpha value is -1.30. The van der Waals surface area contributed by atoms with Crippen LogP contribution in [0.4, 0.5) is 4.79 Å². The van der Waals surface area contributed by atoms with E-state index in [0.717, 1.165) is 25.9 Å². The van der Waals surface area contributed by atoms with Crippen molar-refractivity contribution in [3.63, 3.8) is 0 Å². The average Bonchev–Trinajstić information content (AvgIpc) is 2.35. The predicted molar refractivity (Wildman–Crippen MR) is 68.4 cm³/mol. The fourth-order valence-corrected chi connectivity index (χ4v) is 2.11. The molecule has 1 atom stereocenters. The summed E-state index contributed by atoms with van der Waals surface area (Å²) in [6.07, 6.45) is 1.81. The fourth-order valence-electron chi connectivity index (χ4n) is 2.11. The second-order valence-corrected chi connectivity index (χ2v) is 5.10. The van der Waals surface area contributed by atoms with Crippen LogP contribution in [0.25, 0.3) is 0 Å². The van der Waals surface area contributed by atoms with E-state index in [-0.39, 0.29) is 18.0 Å². The summed E-state index contributed by atoms with van der Waals surface area (Å²) in [7, 11) is 1.73. The molecule has 0 spiro atoms. The second kappa shape index (κ2) is 6.58. The number of amides is 2. The minimum atomic E-state index is -0.989. The van der Waals surface area contributed by atoms with E-state index in [4.69, 9.17) is 5.11 Å². The Morgan fingerprint density at radius 1 is 1.33 bits per heavy atom. The standard InChI is InChI=1S/C12H23N3O3/c1-8(2)10(11(16)17)14-12(18)15(3)9-4-6-13-7-5-9/h8-10,13H,4-7H2,1-3H3,(H,14,18)(H,16,17)/t10-/m0/s1. The van der Waals surface area contributed by atoms with Crippen LogP contribution in [0, 0.1) is 5.92 Å². The van der Waals surface area contributed by atoms with Crippen molar-refractivity contribution in [3.05, 3.63) is 0 Å². The molecule has 1 fully saturated rings. The maximum absolute atomic E-state index is 12.0. The van der Waals surface area contributed by atoms with Crippen molar-refractivity contribution >= 4 is 12.0 Å². The summed E-state index contributed by atoms with van der Waals surface area (Å²) < 4.78 is 0. The third kappa shape index (κ3) is 3.87. The largest absolute Gasteiger partial charge is 0.480 e. The lowest BCUT2D eigenvalue weighted by atomic mass is 10.0. The number of nitrogens with zero attached hydrogens (tertiary/aromatic N) is 1. The topological polar surface area (TPSA) is 81.7 Å². The van der Waals surface area contributed by atoms with Crippen LogP contribution >= 0.6 is 0 Å². The van der Waals surface area contributed by atoms with Crippen LogP contribution in [0.1, 0.15) is 26.7 Å². The molecule has 1 aliphatic rings. The normalized spacial score (nSPS) is 18.4. The Bertz CT molecular complexity index is 301. The Morgan fingerprint density at radius 2 is 1.89 bits per heavy atom. The number of carboxylic acids is 1. The molecule has 0 aliphatic carbocycles. The summed E-state index contributed by atoms with van der Waals surface area (Å²) >= 11 is 0. The molecule has 0 unspecified atom stereocenters. The zero-order valence-electron chi connectivity index (χ0n) is 11.3. The molecular formula is C12H23N3O3. The van der Waals surface area contributed by atoms with Gasteiger partial charge >= 0.3 is 12.0 Å². The van der Waals surface area contributed by atoms with Crippen molar-refractivity contribution in [1.82, 2.24) is 15.5 Å². The van der Waals surface area contributed by atoms with Gasteiger partial charge in [-0.15, -0.1) is 0 Å². The van der Waals surface area contributed by atoms with E-state index in [9.17, 15) is 9.59 Å². The number of hydrogen-bond donors (Lipinski definition) is 3. The summed E-state index contributed by atoms with van der Waals surface area (Å²) in [5.41, 5.74) is 0. The molecule has 104 valence electrons. The van der Waals surface area contributed by atoms with Crippen molar-refractivity contribution in [3.8, 4) is 0 Å². The van der Waals surface area contributed by atoms with E-state index >= 15 is 0 Å². The first kappa shape index (κ1) is 14.8. The minimum Gasteiger partial charge on any atom is -0.480 e. The van der Waals surface area contributed by atoms with Crippen LogP contribution in [-0.4, -0.2) is 54.2 Å². The third-order valence-corrected chi connectivity index (χ3v) is 3.39. The fraction of sp³-hybridized carbons (Fsp3) is 0.833. The highest BCUT2D eigenvalue weighted by Gasteiger charge is 2.27. The monoisotopic (exact) mass is 257 g/mol. The molecule has 0 radical (unpaired) electrons. The lowest BCUT2D eigenvalue weighted by molar-refractivity contribution is -0.140. The molecule has 1 rings (SSSR count). The van der Waals surface area contributed by atoms with Gasteiger partial charge in [0.05, 0.1) is 0 Å². The first-order valence-electron chi connectivity index (χ1n) is 6.40. The highest BCUT2D eigenvalue weighted by molar-refractivity contribution is 5.82. The predicted octanol–water partition coefficient (Wildman–Crippen LogP) is 0.489. The van der Waals surface area contributed by atoms with E-state index in [1.807, 2.05) is 0 Å². The van der Waals surface area contributed by atoms with Crippen LogP contribution in [0.2, 0.25) is 0 Å². The number of carbonyl (C=O) groups excluding carboxylic acids is 1. The molecular weight excluding hydrogens is 234 g/mol. The zero-order valence-corrected chi connectivity index (χ0v) is 11.3. The summed E-state index contributed by atoms with van der Waals surface area (Å²) in [6, 6.07) is -0.947. The number of aliphatic carboxylic acids is 1. The second-order valence-electron chi connectivity index (χ2n) is 5.10. The van der Waals surface area contributed by atoms with Crippen LogP contribution in [0.15, 0.2) is 0 Å². The molecule has 3 N–H and O–H groups in total. The summed E-state index contributed by atoms with van der Waals surface area (Å²) in [5, 5.41) is 14.9. The quantitative estimate of drug-likeness (QED) is 0.684. The molecule has 0 bridgehead atoms. The van der Waals surface area contributed by atoms with Gasteiger partial charge in [0.2, 0.25) is 0 Å². The highest BCUT2D eigenvalue weighted by atomic mass is 16.4. The van der Waals surface area contributed by atoms with E-state index < -0.39 is 12.0 Å². The van der Waals surface area contributed by atoms with Gasteiger partial charge in [-0.25, -0.2) is 9.59 Å². The molecule has 1 heterocycles. The van der Waals surface area contributed by atoms with Gasteiger partial charge in [0.15, 0.2) is 0 Å². The van der Waals surface area contributed by atoms with Gasteiger partial charge in [0.1, 0.15) is 6.04 Å². The first-order valence-corrected chi connectivity index (χ1v) is 6.40. The maximum Gasteiger partial charge on any atom is 0.326 e. The van der Waals surface area contributed by atoms with E-state index in [1.54, 1.807) is 25.8 Å². The molecule has 2 amide bonds. The summed E-state index contributed by atoms with van der Waals surface area (Å²) in [4.78, 5) is 24.6. The average molecular weight is 257 g/mol. The summed E-state index contributed by atoms with van der Waals surface area (Å²) in [6.45, 7) is 5.36. The Balaban J connectivity index is 2.54. The number of nitrogens with one attached hydrogen (secondary N) is 2. The molecule has 1 saturated heterocycles. The van der Waals surface area contributed by atoms with Crippen LogP contribution in [-0.2, 0) is 4.79 Å². The Morgan fingerprint density at radius 3 is 2.33 bits per heavy atom. The van der Waals surface area contributed by atoms with Gasteiger partial charge in [0, 0.05) is 13.1 Å². The summed E-state index contributed by atoms with van der Waals surface area (Å²) in [5.74, 6) is -1.12. The molecule has 18 heavy (non-hydrogen) atoms. The molecule has 1 aliphatic heterocycles. The first-order chi connectivity index (χ1) is 8.43. The van der Waals surface area contributed by atoms with E-state index in [2.05, 4.69) is 10.6 Å². The number of carbonyl (C=O) groups is 2. The SMILES string of the molecule is CC(C)[C@H](NC(=O)N(C)C1CCNCC1)C(=O)O. The highest BCUT2D eigenvalue weighted by Crippen LogP contribution is 2.11. The van der Waals surface area contributed by atoms with Crippen molar-refractivity contribution in [2.45, 2.75) is 38.8 Å².